The van der Waals surface area contributed by atoms with Crippen molar-refractivity contribution in [2.45, 2.75) is 13.3 Å². The van der Waals surface area contributed by atoms with Gasteiger partial charge in [0.15, 0.2) is 5.75 Å². The fraction of sp³-hybridized carbons (Fsp3) is 0.0833. The smallest absolute Gasteiger partial charge is 0.404 e. The lowest BCUT2D eigenvalue weighted by Crippen LogP contribution is -2.31. The van der Waals surface area contributed by atoms with Crippen molar-refractivity contribution in [1.82, 2.24) is 5.32 Å². The normalized spacial score (nSPS) is 11.6. The van der Waals surface area contributed by atoms with Gasteiger partial charge in [0.1, 0.15) is 5.70 Å². The van der Waals surface area contributed by atoms with Crippen LogP contribution < -0.4 is 15.4 Å². The second kappa shape index (κ2) is 9.82. The van der Waals surface area contributed by atoms with Gasteiger partial charge in [0.2, 0.25) is 0 Å². The molecule has 0 atom stereocenters. The van der Waals surface area contributed by atoms with Crippen LogP contribution in [0, 0.1) is 6.92 Å². The summed E-state index contributed by atoms with van der Waals surface area (Å²) >= 11 is 0. The number of anilines is 1. The number of hydrogen-bond acceptors (Lipinski definition) is 3. The zero-order valence-corrected chi connectivity index (χ0v) is 16.9. The molecular formula is C24H19F3N2O3. The molecule has 3 rings (SSSR count). The summed E-state index contributed by atoms with van der Waals surface area (Å²) in [5, 5.41) is 4.93. The van der Waals surface area contributed by atoms with Crippen LogP contribution in [0.1, 0.15) is 21.5 Å². The molecule has 164 valence electrons. The van der Waals surface area contributed by atoms with Crippen LogP contribution in [0.4, 0.5) is 18.9 Å². The van der Waals surface area contributed by atoms with E-state index in [0.29, 0.717) is 11.1 Å². The van der Waals surface area contributed by atoms with Crippen LogP contribution in [-0.2, 0) is 4.79 Å². The Bertz CT molecular complexity index is 1140. The molecule has 0 aliphatic rings. The van der Waals surface area contributed by atoms with Crippen LogP contribution in [0.2, 0.25) is 0 Å². The van der Waals surface area contributed by atoms with Crippen molar-refractivity contribution in [3.8, 4) is 5.75 Å². The molecule has 0 spiro atoms. The third-order valence-corrected chi connectivity index (χ3v) is 4.38. The second-order valence-corrected chi connectivity index (χ2v) is 6.73. The number of aryl methyl sites for hydroxylation is 1. The lowest BCUT2D eigenvalue weighted by molar-refractivity contribution is -0.274. The Labute approximate surface area is 182 Å². The fourth-order valence-corrected chi connectivity index (χ4v) is 2.82. The summed E-state index contributed by atoms with van der Waals surface area (Å²) in [5.41, 5.74) is 1.48. The highest BCUT2D eigenvalue weighted by Crippen LogP contribution is 2.30. The molecule has 0 saturated heterocycles. The Kier molecular flexibility index (Phi) is 6.94. The summed E-state index contributed by atoms with van der Waals surface area (Å²) in [4.78, 5) is 25.6. The molecule has 8 heteroatoms. The molecule has 0 aliphatic carbocycles. The van der Waals surface area contributed by atoms with Crippen LogP contribution in [-0.4, -0.2) is 18.2 Å². The minimum Gasteiger partial charge on any atom is -0.404 e. The first-order valence-electron chi connectivity index (χ1n) is 9.53. The van der Waals surface area contributed by atoms with E-state index in [4.69, 9.17) is 0 Å². The average Bonchev–Trinajstić information content (AvgIpc) is 2.75. The highest BCUT2D eigenvalue weighted by molar-refractivity contribution is 6.11. The largest absolute Gasteiger partial charge is 0.573 e. The molecule has 0 radical (unpaired) electrons. The van der Waals surface area contributed by atoms with Gasteiger partial charge in [-0.2, -0.15) is 0 Å². The minimum absolute atomic E-state index is 0.144. The van der Waals surface area contributed by atoms with E-state index in [-0.39, 0.29) is 11.4 Å². The van der Waals surface area contributed by atoms with E-state index in [2.05, 4.69) is 15.4 Å². The Morgan fingerprint density at radius 1 is 0.875 bits per heavy atom. The van der Waals surface area contributed by atoms with E-state index in [1.807, 2.05) is 19.1 Å². The lowest BCUT2D eigenvalue weighted by Gasteiger charge is -2.15. The summed E-state index contributed by atoms with van der Waals surface area (Å²) < 4.78 is 42.1. The SMILES string of the molecule is Cc1ccccc1/C=C(\NC(=O)c1ccccc1)C(=O)Nc1ccccc1OC(F)(F)F. The van der Waals surface area contributed by atoms with E-state index in [0.717, 1.165) is 11.6 Å². The molecule has 0 fully saturated rings. The lowest BCUT2D eigenvalue weighted by atomic mass is 10.1. The average molecular weight is 440 g/mol. The highest BCUT2D eigenvalue weighted by Gasteiger charge is 2.32. The van der Waals surface area contributed by atoms with Crippen molar-refractivity contribution in [3.05, 3.63) is 101 Å². The van der Waals surface area contributed by atoms with Crippen LogP contribution >= 0.6 is 0 Å². The van der Waals surface area contributed by atoms with E-state index >= 15 is 0 Å². The van der Waals surface area contributed by atoms with Crippen molar-refractivity contribution in [1.29, 1.82) is 0 Å². The van der Waals surface area contributed by atoms with Crippen molar-refractivity contribution in [2.24, 2.45) is 0 Å². The summed E-state index contributed by atoms with van der Waals surface area (Å²) in [7, 11) is 0. The van der Waals surface area contributed by atoms with Gasteiger partial charge in [-0.1, -0.05) is 54.6 Å². The summed E-state index contributed by atoms with van der Waals surface area (Å²) in [6.45, 7) is 1.83. The van der Waals surface area contributed by atoms with E-state index in [1.165, 1.54) is 24.3 Å². The molecule has 0 saturated carbocycles. The molecule has 2 amide bonds. The number of para-hydroxylation sites is 2. The third-order valence-electron chi connectivity index (χ3n) is 4.38. The maximum atomic E-state index is 13.0. The van der Waals surface area contributed by atoms with E-state index in [1.54, 1.807) is 42.5 Å². The Balaban J connectivity index is 1.93. The molecule has 32 heavy (non-hydrogen) atoms. The Morgan fingerprint density at radius 3 is 2.19 bits per heavy atom. The van der Waals surface area contributed by atoms with Crippen molar-refractivity contribution >= 4 is 23.6 Å². The number of carbonyl (C=O) groups excluding carboxylic acids is 2. The minimum atomic E-state index is -4.93. The van der Waals surface area contributed by atoms with Gasteiger partial charge in [-0.25, -0.2) is 0 Å². The number of carbonyl (C=O) groups is 2. The number of alkyl halides is 3. The van der Waals surface area contributed by atoms with Crippen molar-refractivity contribution < 1.29 is 27.5 Å². The molecule has 0 unspecified atom stereocenters. The number of benzene rings is 3. The number of halogens is 3. The van der Waals surface area contributed by atoms with Gasteiger partial charge in [0.05, 0.1) is 5.69 Å². The number of nitrogens with one attached hydrogen (secondary N) is 2. The summed E-state index contributed by atoms with van der Waals surface area (Å²) in [6.07, 6.45) is -3.47. The zero-order valence-electron chi connectivity index (χ0n) is 16.9. The van der Waals surface area contributed by atoms with E-state index in [9.17, 15) is 22.8 Å². The molecule has 0 aliphatic heterocycles. The van der Waals surface area contributed by atoms with Crippen LogP contribution in [0.5, 0.6) is 5.75 Å². The molecular weight excluding hydrogens is 421 g/mol. The van der Waals surface area contributed by atoms with Crippen molar-refractivity contribution in [2.75, 3.05) is 5.32 Å². The molecule has 5 nitrogen and oxygen atoms in total. The standard InChI is InChI=1S/C24H19F3N2O3/c1-16-9-5-6-12-18(16)15-20(29-22(30)17-10-3-2-4-11-17)23(31)28-19-13-7-8-14-21(19)32-24(25,26)27/h2-15H,1H3,(H,28,31)(H,29,30)/b20-15-. The van der Waals surface area contributed by atoms with Gasteiger partial charge in [-0.15, -0.1) is 13.2 Å². The zero-order chi connectivity index (χ0) is 23.1. The number of rotatable bonds is 6. The molecule has 0 aromatic heterocycles. The van der Waals surface area contributed by atoms with Gasteiger partial charge in [-0.3, -0.25) is 9.59 Å². The third kappa shape index (κ3) is 6.21. The predicted octanol–water partition coefficient (Wildman–Crippen LogP) is 5.30. The highest BCUT2D eigenvalue weighted by atomic mass is 19.4. The first-order chi connectivity index (χ1) is 15.2. The van der Waals surface area contributed by atoms with Gasteiger partial charge >= 0.3 is 6.36 Å². The number of ether oxygens (including phenoxy) is 1. The van der Waals surface area contributed by atoms with Crippen LogP contribution in [0.3, 0.4) is 0 Å². The van der Waals surface area contributed by atoms with E-state index < -0.39 is 23.9 Å². The van der Waals surface area contributed by atoms with Crippen molar-refractivity contribution in [3.63, 3.8) is 0 Å². The number of amides is 2. The Hall–Kier alpha value is -4.07. The molecule has 0 heterocycles. The van der Waals surface area contributed by atoms with Crippen LogP contribution in [0.25, 0.3) is 6.08 Å². The van der Waals surface area contributed by atoms with Gasteiger partial charge in [0, 0.05) is 5.56 Å². The van der Waals surface area contributed by atoms with Gasteiger partial charge < -0.3 is 15.4 Å². The fourth-order valence-electron chi connectivity index (χ4n) is 2.82. The topological polar surface area (TPSA) is 67.4 Å². The summed E-state index contributed by atoms with van der Waals surface area (Å²) in [5.74, 6) is -1.92. The number of hydrogen-bond donors (Lipinski definition) is 2. The maximum Gasteiger partial charge on any atom is 0.573 e. The first-order valence-corrected chi connectivity index (χ1v) is 9.53. The molecule has 0 bridgehead atoms. The van der Waals surface area contributed by atoms with Gasteiger partial charge in [-0.05, 0) is 48.4 Å². The molecule has 2 N–H and O–H groups in total. The quantitative estimate of drug-likeness (QED) is 0.511. The monoisotopic (exact) mass is 440 g/mol. The Morgan fingerprint density at radius 2 is 1.50 bits per heavy atom. The predicted molar refractivity (Wildman–Crippen MR) is 115 cm³/mol. The van der Waals surface area contributed by atoms with Gasteiger partial charge in [0.25, 0.3) is 11.8 Å². The molecule has 3 aromatic rings. The maximum absolute atomic E-state index is 13.0. The van der Waals surface area contributed by atoms with Crippen LogP contribution in [0.15, 0.2) is 84.6 Å². The second-order valence-electron chi connectivity index (χ2n) is 6.73. The first kappa shape index (κ1) is 22.6. The molecule has 3 aromatic carbocycles. The summed E-state index contributed by atoms with van der Waals surface area (Å²) in [6, 6.07) is 20.5.